The third kappa shape index (κ3) is 2.00. The summed E-state index contributed by atoms with van der Waals surface area (Å²) >= 11 is 11.9. The number of halogens is 2. The highest BCUT2D eigenvalue weighted by molar-refractivity contribution is 6.39. The molecule has 0 aliphatic heterocycles. The molecular formula is C9H5Cl2N3O. The van der Waals surface area contributed by atoms with Crippen molar-refractivity contribution in [3.8, 4) is 11.3 Å². The van der Waals surface area contributed by atoms with Crippen LogP contribution in [0.1, 0.15) is 0 Å². The zero-order chi connectivity index (χ0) is 10.8. The van der Waals surface area contributed by atoms with E-state index in [4.69, 9.17) is 23.2 Å². The first-order valence-corrected chi connectivity index (χ1v) is 4.80. The van der Waals surface area contributed by atoms with Gasteiger partial charge in [-0.2, -0.15) is 10.1 Å². The van der Waals surface area contributed by atoms with Crippen LogP contribution in [0.2, 0.25) is 10.0 Å². The third-order valence-corrected chi connectivity index (χ3v) is 2.42. The first kappa shape index (κ1) is 10.1. The smallest absolute Gasteiger partial charge is 0.244 e. The van der Waals surface area contributed by atoms with Crippen molar-refractivity contribution in [1.82, 2.24) is 15.2 Å². The van der Waals surface area contributed by atoms with Crippen LogP contribution in [0.5, 0.6) is 0 Å². The van der Waals surface area contributed by atoms with Crippen LogP contribution < -0.4 is 5.69 Å². The number of aromatic nitrogens is 3. The van der Waals surface area contributed by atoms with Crippen LogP contribution in [0.15, 0.2) is 29.2 Å². The van der Waals surface area contributed by atoms with Gasteiger partial charge in [0.2, 0.25) is 0 Å². The van der Waals surface area contributed by atoms with Gasteiger partial charge in [-0.15, -0.1) is 0 Å². The van der Waals surface area contributed by atoms with Crippen LogP contribution in [-0.2, 0) is 0 Å². The van der Waals surface area contributed by atoms with Crippen molar-refractivity contribution in [2.45, 2.75) is 0 Å². The SMILES string of the molecule is O=c1nc(-c2c(Cl)cccc2Cl)cn[nH]1. The quantitative estimate of drug-likeness (QED) is 0.833. The minimum atomic E-state index is -0.538. The molecule has 0 saturated carbocycles. The van der Waals surface area contributed by atoms with E-state index in [0.717, 1.165) is 0 Å². The van der Waals surface area contributed by atoms with Crippen molar-refractivity contribution in [3.63, 3.8) is 0 Å². The summed E-state index contributed by atoms with van der Waals surface area (Å²) in [4.78, 5) is 14.7. The summed E-state index contributed by atoms with van der Waals surface area (Å²) in [6.07, 6.45) is 1.40. The minimum Gasteiger partial charge on any atom is -0.244 e. The van der Waals surface area contributed by atoms with Crippen molar-refractivity contribution >= 4 is 23.2 Å². The maximum Gasteiger partial charge on any atom is 0.361 e. The Kier molecular flexibility index (Phi) is 2.70. The molecule has 0 amide bonds. The van der Waals surface area contributed by atoms with Crippen LogP contribution in [-0.4, -0.2) is 15.2 Å². The average Bonchev–Trinajstić information content (AvgIpc) is 2.17. The van der Waals surface area contributed by atoms with Crippen LogP contribution >= 0.6 is 23.2 Å². The standard InChI is InChI=1S/C9H5Cl2N3O/c10-5-2-1-3-6(11)8(5)7-4-12-14-9(15)13-7/h1-4H,(H,13,14,15). The van der Waals surface area contributed by atoms with Gasteiger partial charge in [0.15, 0.2) is 0 Å². The molecule has 0 aliphatic carbocycles. The van der Waals surface area contributed by atoms with Gasteiger partial charge in [-0.25, -0.2) is 9.89 Å². The Morgan fingerprint density at radius 1 is 1.20 bits per heavy atom. The van der Waals surface area contributed by atoms with Crippen molar-refractivity contribution in [3.05, 3.63) is 44.9 Å². The summed E-state index contributed by atoms with van der Waals surface area (Å²) in [5.74, 6) is 0. The second-order valence-corrected chi connectivity index (χ2v) is 3.58. The molecule has 2 rings (SSSR count). The normalized spacial score (nSPS) is 10.3. The number of hydrogen-bond donors (Lipinski definition) is 1. The number of rotatable bonds is 1. The van der Waals surface area contributed by atoms with Crippen molar-refractivity contribution in [1.29, 1.82) is 0 Å². The number of H-pyrrole nitrogens is 1. The van der Waals surface area contributed by atoms with Crippen LogP contribution in [0.3, 0.4) is 0 Å². The molecule has 0 atom stereocenters. The Labute approximate surface area is 94.9 Å². The third-order valence-electron chi connectivity index (χ3n) is 1.79. The summed E-state index contributed by atoms with van der Waals surface area (Å²) in [6, 6.07) is 5.06. The Morgan fingerprint density at radius 2 is 1.87 bits per heavy atom. The Hall–Kier alpha value is -1.39. The van der Waals surface area contributed by atoms with Gasteiger partial charge in [0.25, 0.3) is 0 Å². The summed E-state index contributed by atoms with van der Waals surface area (Å²) in [6.45, 7) is 0. The van der Waals surface area contributed by atoms with Gasteiger partial charge >= 0.3 is 5.69 Å². The highest BCUT2D eigenvalue weighted by Crippen LogP contribution is 2.32. The molecule has 1 heterocycles. The fraction of sp³-hybridized carbons (Fsp3) is 0. The average molecular weight is 242 g/mol. The topological polar surface area (TPSA) is 58.6 Å². The van der Waals surface area contributed by atoms with E-state index in [2.05, 4.69) is 15.2 Å². The maximum atomic E-state index is 11.0. The summed E-state index contributed by atoms with van der Waals surface area (Å²) < 4.78 is 0. The van der Waals surface area contributed by atoms with Crippen molar-refractivity contribution < 1.29 is 0 Å². The van der Waals surface area contributed by atoms with Crippen LogP contribution in [0, 0.1) is 0 Å². The second-order valence-electron chi connectivity index (χ2n) is 2.77. The van der Waals surface area contributed by atoms with Gasteiger partial charge < -0.3 is 0 Å². The molecule has 2 aromatic rings. The molecule has 0 spiro atoms. The molecule has 15 heavy (non-hydrogen) atoms. The summed E-state index contributed by atoms with van der Waals surface area (Å²) in [5.41, 5.74) is 0.331. The lowest BCUT2D eigenvalue weighted by molar-refractivity contribution is 0.919. The van der Waals surface area contributed by atoms with E-state index in [0.29, 0.717) is 21.3 Å². The second kappa shape index (κ2) is 4.00. The molecule has 4 nitrogen and oxygen atoms in total. The number of aromatic amines is 1. The minimum absolute atomic E-state index is 0.356. The lowest BCUT2D eigenvalue weighted by Gasteiger charge is -2.03. The molecule has 6 heteroatoms. The predicted molar refractivity (Wildman–Crippen MR) is 58.1 cm³/mol. The first-order chi connectivity index (χ1) is 7.18. The fourth-order valence-corrected chi connectivity index (χ4v) is 1.77. The van der Waals surface area contributed by atoms with Gasteiger partial charge in [-0.1, -0.05) is 29.3 Å². The van der Waals surface area contributed by atoms with E-state index >= 15 is 0 Å². The Balaban J connectivity index is 2.69. The van der Waals surface area contributed by atoms with E-state index in [9.17, 15) is 4.79 Å². The summed E-state index contributed by atoms with van der Waals surface area (Å²) in [5, 5.41) is 6.67. The summed E-state index contributed by atoms with van der Waals surface area (Å²) in [7, 11) is 0. The lowest BCUT2D eigenvalue weighted by Crippen LogP contribution is -2.12. The van der Waals surface area contributed by atoms with Gasteiger partial charge in [0.05, 0.1) is 21.9 Å². The molecule has 0 saturated heterocycles. The van der Waals surface area contributed by atoms with Gasteiger partial charge in [-0.05, 0) is 12.1 Å². The number of nitrogens with zero attached hydrogens (tertiary/aromatic N) is 2. The van der Waals surface area contributed by atoms with E-state index in [-0.39, 0.29) is 0 Å². The molecule has 0 fully saturated rings. The largest absolute Gasteiger partial charge is 0.361 e. The molecule has 0 unspecified atom stereocenters. The molecule has 1 N–H and O–H groups in total. The first-order valence-electron chi connectivity index (χ1n) is 4.04. The monoisotopic (exact) mass is 241 g/mol. The van der Waals surface area contributed by atoms with Crippen molar-refractivity contribution in [2.75, 3.05) is 0 Å². The van der Waals surface area contributed by atoms with Crippen LogP contribution in [0.4, 0.5) is 0 Å². The molecule has 0 aliphatic rings. The van der Waals surface area contributed by atoms with Gasteiger partial charge in [-0.3, -0.25) is 0 Å². The van der Waals surface area contributed by atoms with E-state index in [1.54, 1.807) is 18.2 Å². The molecule has 1 aromatic heterocycles. The highest BCUT2D eigenvalue weighted by Gasteiger charge is 2.09. The van der Waals surface area contributed by atoms with E-state index in [1.165, 1.54) is 6.20 Å². The predicted octanol–water partition coefficient (Wildman–Crippen LogP) is 2.14. The molecule has 1 aromatic carbocycles. The molecule has 0 bridgehead atoms. The lowest BCUT2D eigenvalue weighted by atomic mass is 10.1. The maximum absolute atomic E-state index is 11.0. The number of hydrogen-bond acceptors (Lipinski definition) is 3. The molecule has 76 valence electrons. The Bertz CT molecular complexity index is 533. The Morgan fingerprint density at radius 3 is 2.47 bits per heavy atom. The highest BCUT2D eigenvalue weighted by atomic mass is 35.5. The van der Waals surface area contributed by atoms with Crippen molar-refractivity contribution in [2.24, 2.45) is 0 Å². The van der Waals surface area contributed by atoms with E-state index < -0.39 is 5.69 Å². The zero-order valence-electron chi connectivity index (χ0n) is 7.37. The van der Waals surface area contributed by atoms with E-state index in [1.807, 2.05) is 0 Å². The van der Waals surface area contributed by atoms with Gasteiger partial charge in [0, 0.05) is 5.56 Å². The molecule has 0 radical (unpaired) electrons. The fourth-order valence-electron chi connectivity index (χ4n) is 1.17. The van der Waals surface area contributed by atoms with Gasteiger partial charge in [0.1, 0.15) is 0 Å². The number of benzene rings is 1. The number of nitrogens with one attached hydrogen (secondary N) is 1. The molecular weight excluding hydrogens is 237 g/mol. The zero-order valence-corrected chi connectivity index (χ0v) is 8.88. The van der Waals surface area contributed by atoms with Crippen LogP contribution in [0.25, 0.3) is 11.3 Å².